The highest BCUT2D eigenvalue weighted by atomic mass is 15.3. The Kier molecular flexibility index (Phi) is 6.72. The second-order valence-corrected chi connectivity index (χ2v) is 5.06. The molecule has 0 amide bonds. The van der Waals surface area contributed by atoms with Gasteiger partial charge in [-0.1, -0.05) is 12.5 Å². The Labute approximate surface area is 133 Å². The molecule has 0 unspecified atom stereocenters. The molecule has 0 saturated carbocycles. The van der Waals surface area contributed by atoms with Crippen LogP contribution in [0.2, 0.25) is 0 Å². The second kappa shape index (κ2) is 8.29. The molecule has 0 radical (unpaired) electrons. The molecular formula is C16H27N6+. The summed E-state index contributed by atoms with van der Waals surface area (Å²) in [7, 11) is 7.95. The van der Waals surface area contributed by atoms with Gasteiger partial charge < -0.3 is 10.2 Å². The lowest BCUT2D eigenvalue weighted by Crippen LogP contribution is -2.26. The van der Waals surface area contributed by atoms with Crippen LogP contribution in [0, 0.1) is 0 Å². The number of aryl methyl sites for hydroxylation is 2. The van der Waals surface area contributed by atoms with Gasteiger partial charge in [0.25, 0.3) is 0 Å². The maximum absolute atomic E-state index is 4.29. The molecule has 2 aromatic rings. The van der Waals surface area contributed by atoms with Crippen molar-refractivity contribution in [3.8, 4) is 0 Å². The van der Waals surface area contributed by atoms with Crippen LogP contribution in [0.1, 0.15) is 7.43 Å². The first kappa shape index (κ1) is 17.8. The van der Waals surface area contributed by atoms with Crippen molar-refractivity contribution in [2.75, 3.05) is 32.1 Å². The Bertz CT molecular complexity index is 580. The topological polar surface area (TPSA) is 48.8 Å². The number of anilines is 1. The molecule has 1 aromatic heterocycles. The summed E-state index contributed by atoms with van der Waals surface area (Å²) in [5.41, 5.74) is 2.02. The molecule has 0 atom stereocenters. The minimum absolute atomic E-state index is 0. The van der Waals surface area contributed by atoms with Crippen LogP contribution in [0.4, 0.5) is 17.3 Å². The molecule has 1 aromatic carbocycles. The van der Waals surface area contributed by atoms with E-state index in [1.54, 1.807) is 0 Å². The third-order valence-electron chi connectivity index (χ3n) is 3.39. The first-order valence-electron chi connectivity index (χ1n) is 7.00. The van der Waals surface area contributed by atoms with Gasteiger partial charge in [0, 0.05) is 30.9 Å². The minimum Gasteiger partial charge on any atom is -0.373 e. The Balaban J connectivity index is 0.00000242. The molecule has 0 spiro atoms. The van der Waals surface area contributed by atoms with Crippen molar-refractivity contribution in [3.05, 3.63) is 36.7 Å². The molecule has 0 aliphatic carbocycles. The lowest BCUT2D eigenvalue weighted by molar-refractivity contribution is -0.657. The quantitative estimate of drug-likeness (QED) is 0.658. The van der Waals surface area contributed by atoms with Crippen molar-refractivity contribution >= 4 is 17.3 Å². The average Bonchev–Trinajstić information content (AvgIpc) is 2.82. The van der Waals surface area contributed by atoms with Crippen LogP contribution in [0.5, 0.6) is 0 Å². The van der Waals surface area contributed by atoms with Crippen LogP contribution in [0.15, 0.2) is 46.9 Å². The molecule has 22 heavy (non-hydrogen) atoms. The summed E-state index contributed by atoms with van der Waals surface area (Å²) in [6.07, 6.45) is 3.91. The third kappa shape index (κ3) is 4.39. The Hall–Kier alpha value is -2.21. The van der Waals surface area contributed by atoms with E-state index in [9.17, 15) is 0 Å². The standard InChI is InChI=1S/C15H23N6.CH4/c1-16-9-10-19(2)14-7-5-13(6-8-14)17-18-15-20(3)11-12-21(15)4;/h5-8,11-12,16H,9-10H2,1-4H3;1H4/q+1;. The molecule has 0 bridgehead atoms. The fraction of sp³-hybridized carbons (Fsp3) is 0.438. The van der Waals surface area contributed by atoms with Crippen molar-refractivity contribution in [1.82, 2.24) is 9.88 Å². The number of likely N-dealkylation sites (N-methyl/N-ethyl adjacent to an activating group) is 2. The van der Waals surface area contributed by atoms with Crippen LogP contribution in [0.25, 0.3) is 0 Å². The number of hydrogen-bond acceptors (Lipinski definition) is 4. The predicted octanol–water partition coefficient (Wildman–Crippen LogP) is 2.56. The molecule has 0 fully saturated rings. The first-order chi connectivity index (χ1) is 10.1. The van der Waals surface area contributed by atoms with Crippen molar-refractivity contribution in [3.63, 3.8) is 0 Å². The lowest BCUT2D eigenvalue weighted by atomic mass is 10.2. The van der Waals surface area contributed by atoms with E-state index in [1.807, 2.05) is 54.8 Å². The number of benzene rings is 1. The monoisotopic (exact) mass is 303 g/mol. The lowest BCUT2D eigenvalue weighted by Gasteiger charge is -2.18. The highest BCUT2D eigenvalue weighted by Gasteiger charge is 2.10. The number of nitrogens with one attached hydrogen (secondary N) is 1. The van der Waals surface area contributed by atoms with Crippen LogP contribution < -0.4 is 14.8 Å². The molecule has 0 aliphatic rings. The fourth-order valence-electron chi connectivity index (χ4n) is 2.01. The number of aromatic nitrogens is 2. The van der Waals surface area contributed by atoms with E-state index in [2.05, 4.69) is 39.6 Å². The number of rotatable bonds is 6. The van der Waals surface area contributed by atoms with E-state index in [4.69, 9.17) is 0 Å². The summed E-state index contributed by atoms with van der Waals surface area (Å²) < 4.78 is 3.87. The van der Waals surface area contributed by atoms with Gasteiger partial charge >= 0.3 is 5.95 Å². The van der Waals surface area contributed by atoms with Gasteiger partial charge in [0.2, 0.25) is 0 Å². The van der Waals surface area contributed by atoms with E-state index in [0.717, 1.165) is 24.7 Å². The zero-order valence-corrected chi connectivity index (χ0v) is 13.1. The Morgan fingerprint density at radius 2 is 1.91 bits per heavy atom. The molecule has 6 heteroatoms. The minimum atomic E-state index is 0. The summed E-state index contributed by atoms with van der Waals surface area (Å²) in [4.78, 5) is 2.20. The molecular weight excluding hydrogens is 276 g/mol. The third-order valence-corrected chi connectivity index (χ3v) is 3.39. The maximum atomic E-state index is 4.29. The van der Waals surface area contributed by atoms with Gasteiger partial charge in [0.05, 0.1) is 26.5 Å². The first-order valence-corrected chi connectivity index (χ1v) is 7.00. The number of hydrogen-bond donors (Lipinski definition) is 1. The normalized spacial score (nSPS) is 10.7. The van der Waals surface area contributed by atoms with E-state index >= 15 is 0 Å². The van der Waals surface area contributed by atoms with Crippen molar-refractivity contribution in [1.29, 1.82) is 0 Å². The summed E-state index contributed by atoms with van der Waals surface area (Å²) in [5, 5.41) is 11.7. The summed E-state index contributed by atoms with van der Waals surface area (Å²) >= 11 is 0. The number of imidazole rings is 1. The molecule has 1 N–H and O–H groups in total. The van der Waals surface area contributed by atoms with Crippen molar-refractivity contribution in [2.24, 2.45) is 24.3 Å². The Morgan fingerprint density at radius 1 is 1.23 bits per heavy atom. The van der Waals surface area contributed by atoms with Crippen LogP contribution in [-0.2, 0) is 14.1 Å². The van der Waals surface area contributed by atoms with E-state index < -0.39 is 0 Å². The molecule has 120 valence electrons. The maximum Gasteiger partial charge on any atom is 0.421 e. The molecule has 1 heterocycles. The second-order valence-electron chi connectivity index (χ2n) is 5.06. The number of nitrogens with zero attached hydrogens (tertiary/aromatic N) is 5. The number of azo groups is 1. The van der Waals surface area contributed by atoms with Crippen molar-refractivity contribution < 1.29 is 4.57 Å². The van der Waals surface area contributed by atoms with Crippen LogP contribution in [-0.4, -0.2) is 31.8 Å². The predicted molar refractivity (Wildman–Crippen MR) is 91.1 cm³/mol. The van der Waals surface area contributed by atoms with E-state index in [1.165, 1.54) is 5.69 Å². The summed E-state index contributed by atoms with van der Waals surface area (Å²) in [5.74, 6) is 0.810. The summed E-state index contributed by atoms with van der Waals surface area (Å²) in [6.45, 7) is 1.93. The molecule has 0 saturated heterocycles. The van der Waals surface area contributed by atoms with Gasteiger partial charge in [-0.25, -0.2) is 9.13 Å². The van der Waals surface area contributed by atoms with Gasteiger partial charge in [-0.2, -0.15) is 0 Å². The SMILES string of the molecule is C.CNCCN(C)c1ccc(N=Nc2n(C)cc[n+]2C)cc1. The van der Waals surface area contributed by atoms with Crippen molar-refractivity contribution in [2.45, 2.75) is 7.43 Å². The van der Waals surface area contributed by atoms with Crippen LogP contribution >= 0.6 is 0 Å². The fourth-order valence-corrected chi connectivity index (χ4v) is 2.01. The molecule has 2 rings (SSSR count). The Morgan fingerprint density at radius 3 is 2.45 bits per heavy atom. The molecule has 0 aliphatic heterocycles. The van der Waals surface area contributed by atoms with Crippen LogP contribution in [0.3, 0.4) is 0 Å². The molecule has 6 nitrogen and oxygen atoms in total. The van der Waals surface area contributed by atoms with Gasteiger partial charge in [-0.05, 0) is 31.3 Å². The zero-order valence-electron chi connectivity index (χ0n) is 13.1. The van der Waals surface area contributed by atoms with E-state index in [-0.39, 0.29) is 7.43 Å². The van der Waals surface area contributed by atoms with Gasteiger partial charge in [0.15, 0.2) is 0 Å². The highest BCUT2D eigenvalue weighted by Crippen LogP contribution is 2.20. The largest absolute Gasteiger partial charge is 0.421 e. The van der Waals surface area contributed by atoms with Gasteiger partial charge in [-0.15, -0.1) is 0 Å². The van der Waals surface area contributed by atoms with Gasteiger partial charge in [-0.3, -0.25) is 0 Å². The smallest absolute Gasteiger partial charge is 0.373 e. The van der Waals surface area contributed by atoms with E-state index in [0.29, 0.717) is 0 Å². The average molecular weight is 303 g/mol. The highest BCUT2D eigenvalue weighted by molar-refractivity contribution is 5.52. The van der Waals surface area contributed by atoms with Gasteiger partial charge in [0.1, 0.15) is 5.69 Å². The zero-order chi connectivity index (χ0) is 15.2. The summed E-state index contributed by atoms with van der Waals surface area (Å²) in [6, 6.07) is 8.10.